The van der Waals surface area contributed by atoms with Crippen molar-refractivity contribution in [1.29, 1.82) is 0 Å². The van der Waals surface area contributed by atoms with Gasteiger partial charge < -0.3 is 29.7 Å². The number of alkyl carbamates (subject to hydrolysis) is 1. The van der Waals surface area contributed by atoms with Crippen LogP contribution in [-0.2, 0) is 43.6 Å². The van der Waals surface area contributed by atoms with Gasteiger partial charge in [-0.15, -0.1) is 11.8 Å². The fourth-order valence-electron chi connectivity index (χ4n) is 6.08. The molecule has 11 nitrogen and oxygen atoms in total. The number of thioether (sulfide) groups is 1. The zero-order chi connectivity index (χ0) is 35.9. The summed E-state index contributed by atoms with van der Waals surface area (Å²) in [4.78, 5) is 51.8. The van der Waals surface area contributed by atoms with Gasteiger partial charge in [0.15, 0.2) is 6.29 Å². The predicted octanol–water partition coefficient (Wildman–Crippen LogP) is 6.01. The number of carbonyl (C=O) groups excluding carboxylic acids is 3. The van der Waals surface area contributed by atoms with Gasteiger partial charge in [0.1, 0.15) is 12.6 Å². The van der Waals surface area contributed by atoms with Crippen LogP contribution in [0.2, 0.25) is 0 Å². The maximum Gasteiger partial charge on any atom is 0.408 e. The van der Waals surface area contributed by atoms with Crippen LogP contribution in [-0.4, -0.2) is 56.9 Å². The number of carboxylic acids is 1. The van der Waals surface area contributed by atoms with E-state index >= 15 is 0 Å². The van der Waals surface area contributed by atoms with Gasteiger partial charge in [-0.05, 0) is 34.4 Å². The van der Waals surface area contributed by atoms with Gasteiger partial charge in [0.2, 0.25) is 5.91 Å². The molecule has 2 fully saturated rings. The fourth-order valence-corrected chi connectivity index (χ4v) is 7.29. The Balaban J connectivity index is 1.12. The number of hydrogen-bond acceptors (Lipinski definition) is 9. The number of imide groups is 1. The number of aliphatic hydroxyl groups excluding tert-OH is 1. The highest BCUT2D eigenvalue weighted by atomic mass is 32.2. The molecule has 51 heavy (non-hydrogen) atoms. The molecule has 2 aliphatic heterocycles. The van der Waals surface area contributed by atoms with Gasteiger partial charge in [0.05, 0.1) is 37.3 Å². The average Bonchev–Trinajstić information content (AvgIpc) is 3.41. The minimum absolute atomic E-state index is 0.0285. The standard InChI is InChI=1S/C39H38N2O9S/c1-24-32(23-51-33-10-6-5-9-30(33)37(45)46)49-38(50-35(24)28-15-13-26(21-42)14-16-28)29-17-11-25(12-18-29)20-41-34(43)19-31(36(41)44)40-39(47)48-22-27-7-3-2-4-8-27/h2-18,24,31-32,35,38,42H,19-23H2,1H3,(H,40,47)(H,45,46)/t24-,31?,32+,35+,38+/m1/s1. The van der Waals surface area contributed by atoms with Crippen molar-refractivity contribution in [3.05, 3.63) is 137 Å². The van der Waals surface area contributed by atoms with Gasteiger partial charge in [-0.3, -0.25) is 14.5 Å². The lowest BCUT2D eigenvalue weighted by Gasteiger charge is -2.41. The van der Waals surface area contributed by atoms with Gasteiger partial charge >= 0.3 is 12.1 Å². The third-order valence-corrected chi connectivity index (χ3v) is 10.1. The number of aliphatic hydroxyl groups is 1. The normalized spacial score (nSPS) is 21.8. The lowest BCUT2D eigenvalue weighted by Crippen LogP contribution is -2.41. The number of benzene rings is 4. The maximum absolute atomic E-state index is 13.1. The summed E-state index contributed by atoms with van der Waals surface area (Å²) in [6.45, 7) is 2.03. The van der Waals surface area contributed by atoms with Crippen LogP contribution < -0.4 is 5.32 Å². The van der Waals surface area contributed by atoms with E-state index in [1.165, 1.54) is 11.8 Å². The van der Waals surface area contributed by atoms with Crippen molar-refractivity contribution in [1.82, 2.24) is 10.2 Å². The van der Waals surface area contributed by atoms with Gasteiger partial charge in [-0.1, -0.05) is 97.9 Å². The van der Waals surface area contributed by atoms with Gasteiger partial charge in [0.25, 0.3) is 5.91 Å². The highest BCUT2D eigenvalue weighted by molar-refractivity contribution is 7.99. The smallest absolute Gasteiger partial charge is 0.408 e. The number of amides is 3. The van der Waals surface area contributed by atoms with Crippen molar-refractivity contribution < 1.29 is 43.6 Å². The van der Waals surface area contributed by atoms with E-state index < -0.39 is 36.2 Å². The van der Waals surface area contributed by atoms with Crippen molar-refractivity contribution in [2.45, 2.75) is 62.5 Å². The van der Waals surface area contributed by atoms with Crippen molar-refractivity contribution in [2.75, 3.05) is 5.75 Å². The summed E-state index contributed by atoms with van der Waals surface area (Å²) in [7, 11) is 0. The molecule has 12 heteroatoms. The number of nitrogens with zero attached hydrogens (tertiary/aromatic N) is 1. The molecule has 4 aromatic carbocycles. The lowest BCUT2D eigenvalue weighted by molar-refractivity contribution is -0.268. The first-order valence-corrected chi connectivity index (χ1v) is 17.5. The van der Waals surface area contributed by atoms with E-state index in [2.05, 4.69) is 5.32 Å². The number of likely N-dealkylation sites (tertiary alicyclic amines) is 1. The summed E-state index contributed by atoms with van der Waals surface area (Å²) in [6, 6.07) is 29.8. The SMILES string of the molecule is C[C@@H]1[C@H](CSc2ccccc2C(=O)O)O[C@H](c2ccc(CN3C(=O)CC(NC(=O)OCc4ccccc4)C3=O)cc2)O[C@@H]1c1ccc(CO)cc1. The van der Waals surface area contributed by atoms with Crippen LogP contribution in [0.3, 0.4) is 0 Å². The summed E-state index contributed by atoms with van der Waals surface area (Å²) in [5, 5.41) is 21.7. The van der Waals surface area contributed by atoms with E-state index in [4.69, 9.17) is 14.2 Å². The van der Waals surface area contributed by atoms with Crippen LogP contribution in [0.5, 0.6) is 0 Å². The number of carboxylic acid groups (broad SMARTS) is 1. The highest BCUT2D eigenvalue weighted by Crippen LogP contribution is 2.43. The van der Waals surface area contributed by atoms with E-state index in [0.717, 1.165) is 27.2 Å². The summed E-state index contributed by atoms with van der Waals surface area (Å²) in [5.41, 5.74) is 4.15. The van der Waals surface area contributed by atoms with Crippen molar-refractivity contribution in [3.63, 3.8) is 0 Å². The first-order valence-electron chi connectivity index (χ1n) is 16.6. The van der Waals surface area contributed by atoms with Crippen LogP contribution in [0.25, 0.3) is 0 Å². The molecular weight excluding hydrogens is 673 g/mol. The van der Waals surface area contributed by atoms with E-state index in [9.17, 15) is 29.4 Å². The Bertz CT molecular complexity index is 1850. The number of nitrogens with one attached hydrogen (secondary N) is 1. The molecule has 6 rings (SSSR count). The highest BCUT2D eigenvalue weighted by Gasteiger charge is 2.41. The first-order chi connectivity index (χ1) is 24.7. The molecule has 0 saturated carbocycles. The van der Waals surface area contributed by atoms with Gasteiger partial charge in [-0.2, -0.15) is 0 Å². The largest absolute Gasteiger partial charge is 0.478 e. The predicted molar refractivity (Wildman–Crippen MR) is 187 cm³/mol. The van der Waals surface area contributed by atoms with Crippen molar-refractivity contribution in [3.8, 4) is 0 Å². The molecule has 1 unspecified atom stereocenters. The second kappa shape index (κ2) is 16.3. The summed E-state index contributed by atoms with van der Waals surface area (Å²) < 4.78 is 18.3. The average molecular weight is 711 g/mol. The molecule has 0 aromatic heterocycles. The van der Waals surface area contributed by atoms with Gasteiger partial charge in [-0.25, -0.2) is 9.59 Å². The number of rotatable bonds is 12. The van der Waals surface area contributed by atoms with Crippen LogP contribution in [0.4, 0.5) is 4.79 Å². The zero-order valence-electron chi connectivity index (χ0n) is 27.8. The molecule has 0 spiro atoms. The third-order valence-electron chi connectivity index (χ3n) is 8.99. The molecule has 0 radical (unpaired) electrons. The van der Waals surface area contributed by atoms with Crippen molar-refractivity contribution >= 4 is 35.6 Å². The third kappa shape index (κ3) is 8.66. The second-order valence-corrected chi connectivity index (χ2v) is 13.5. The van der Waals surface area contributed by atoms with Crippen LogP contribution >= 0.6 is 11.8 Å². The first kappa shape index (κ1) is 35.8. The van der Waals surface area contributed by atoms with E-state index in [1.54, 1.807) is 36.4 Å². The number of ether oxygens (including phenoxy) is 3. The van der Waals surface area contributed by atoms with Crippen LogP contribution in [0, 0.1) is 5.92 Å². The maximum atomic E-state index is 13.1. The molecule has 2 aliphatic rings. The topological polar surface area (TPSA) is 152 Å². The molecular formula is C39H38N2O9S. The molecule has 0 aliphatic carbocycles. The minimum atomic E-state index is -1.01. The Morgan fingerprint density at radius 1 is 0.863 bits per heavy atom. The molecule has 2 heterocycles. The summed E-state index contributed by atoms with van der Waals surface area (Å²) in [5.74, 6) is -1.53. The molecule has 264 valence electrons. The molecule has 4 aromatic rings. The zero-order valence-corrected chi connectivity index (χ0v) is 28.7. The van der Waals surface area contributed by atoms with E-state index in [-0.39, 0.29) is 49.9 Å². The second-order valence-electron chi connectivity index (χ2n) is 12.5. The van der Waals surface area contributed by atoms with Gasteiger partial charge in [0, 0.05) is 22.1 Å². The summed E-state index contributed by atoms with van der Waals surface area (Å²) in [6.07, 6.45) is -2.37. The van der Waals surface area contributed by atoms with Crippen LogP contribution in [0.1, 0.15) is 63.9 Å². The Morgan fingerprint density at radius 2 is 1.53 bits per heavy atom. The number of aromatic carboxylic acids is 1. The van der Waals surface area contributed by atoms with Crippen molar-refractivity contribution in [2.24, 2.45) is 5.92 Å². The lowest BCUT2D eigenvalue weighted by atomic mass is 9.91. The Hall–Kier alpha value is -5.01. The summed E-state index contributed by atoms with van der Waals surface area (Å²) >= 11 is 1.41. The number of carbonyl (C=O) groups is 4. The van der Waals surface area contributed by atoms with Crippen LogP contribution in [0.15, 0.2) is 108 Å². The molecule has 3 amide bonds. The molecule has 2 saturated heterocycles. The quantitative estimate of drug-likeness (QED) is 0.118. The Labute approximate surface area is 299 Å². The number of hydrogen-bond donors (Lipinski definition) is 3. The van der Waals surface area contributed by atoms with E-state index in [1.807, 2.05) is 73.7 Å². The minimum Gasteiger partial charge on any atom is -0.478 e. The van der Waals surface area contributed by atoms with E-state index in [0.29, 0.717) is 16.2 Å². The molecule has 5 atom stereocenters. The Morgan fingerprint density at radius 3 is 2.24 bits per heavy atom. The Kier molecular flexibility index (Phi) is 11.5. The monoisotopic (exact) mass is 710 g/mol. The molecule has 0 bridgehead atoms. The molecule has 3 N–H and O–H groups in total. The fraction of sp³-hybridized carbons (Fsp3) is 0.282.